The van der Waals surface area contributed by atoms with Gasteiger partial charge in [-0.15, -0.1) is 11.3 Å². The highest BCUT2D eigenvalue weighted by atomic mass is 32.1. The van der Waals surface area contributed by atoms with Gasteiger partial charge in [0.05, 0.1) is 17.1 Å². The molecule has 0 aliphatic heterocycles. The summed E-state index contributed by atoms with van der Waals surface area (Å²) in [6.45, 7) is 2.31. The third-order valence-corrected chi connectivity index (χ3v) is 4.84. The molecule has 6 nitrogen and oxygen atoms in total. The summed E-state index contributed by atoms with van der Waals surface area (Å²) < 4.78 is 5.86. The number of nitrogens with two attached hydrogens (primary N) is 1. The predicted octanol–water partition coefficient (Wildman–Crippen LogP) is 3.71. The van der Waals surface area contributed by atoms with Crippen LogP contribution in [0.5, 0.6) is 5.75 Å². The number of rotatable bonds is 8. The molecular formula is C22H21N3O3S. The lowest BCUT2D eigenvalue weighted by atomic mass is 10.1. The zero-order chi connectivity index (χ0) is 20.6. The van der Waals surface area contributed by atoms with E-state index in [2.05, 4.69) is 10.3 Å². The molecule has 2 amide bonds. The molecular weight excluding hydrogens is 386 g/mol. The number of thiazole rings is 1. The van der Waals surface area contributed by atoms with Gasteiger partial charge in [0.25, 0.3) is 0 Å². The van der Waals surface area contributed by atoms with Gasteiger partial charge >= 0.3 is 0 Å². The van der Waals surface area contributed by atoms with Crippen LogP contribution >= 0.6 is 11.3 Å². The van der Waals surface area contributed by atoms with E-state index in [0.29, 0.717) is 23.6 Å². The predicted molar refractivity (Wildman–Crippen MR) is 115 cm³/mol. The van der Waals surface area contributed by atoms with Gasteiger partial charge in [0.2, 0.25) is 11.8 Å². The fourth-order valence-electron chi connectivity index (χ4n) is 2.70. The van der Waals surface area contributed by atoms with E-state index in [0.717, 1.165) is 16.3 Å². The highest BCUT2D eigenvalue weighted by Crippen LogP contribution is 2.22. The van der Waals surface area contributed by atoms with E-state index in [-0.39, 0.29) is 12.3 Å². The lowest BCUT2D eigenvalue weighted by Gasteiger charge is -2.09. The van der Waals surface area contributed by atoms with Crippen molar-refractivity contribution in [1.29, 1.82) is 0 Å². The van der Waals surface area contributed by atoms with Crippen molar-refractivity contribution in [3.8, 4) is 5.75 Å². The molecule has 148 valence electrons. The minimum atomic E-state index is -0.455. The third-order valence-electron chi connectivity index (χ3n) is 4.02. The Morgan fingerprint density at radius 1 is 1.17 bits per heavy atom. The van der Waals surface area contributed by atoms with Crippen molar-refractivity contribution < 1.29 is 14.3 Å². The molecule has 3 rings (SSSR count). The molecule has 0 bridgehead atoms. The molecule has 3 aromatic rings. The summed E-state index contributed by atoms with van der Waals surface area (Å²) in [5, 5.41) is 5.74. The van der Waals surface area contributed by atoms with Crippen LogP contribution in [0.4, 0.5) is 5.69 Å². The minimum absolute atomic E-state index is 0.0624. The minimum Gasteiger partial charge on any atom is -0.487 e. The van der Waals surface area contributed by atoms with Gasteiger partial charge in [-0.2, -0.15) is 0 Å². The number of anilines is 1. The molecule has 0 aliphatic rings. The fourth-order valence-corrected chi connectivity index (χ4v) is 3.30. The van der Waals surface area contributed by atoms with E-state index in [1.54, 1.807) is 41.7 Å². The van der Waals surface area contributed by atoms with Crippen molar-refractivity contribution in [2.75, 3.05) is 5.32 Å². The molecule has 0 saturated heterocycles. The highest BCUT2D eigenvalue weighted by Gasteiger charge is 2.08. The SMILES string of the molecule is Cc1nc(COc2ccccc2/C=C/C(=O)Nc2ccccc2CC(N)=O)cs1. The standard InChI is InChI=1S/C22H21N3O3S/c1-15-24-18(14-29-15)13-28-20-9-5-3-6-16(20)10-11-22(27)25-19-8-4-2-7-17(19)12-21(23)26/h2-11,14H,12-13H2,1H3,(H2,23,26)(H,25,27)/b11-10+. The number of hydrogen-bond acceptors (Lipinski definition) is 5. The maximum atomic E-state index is 12.4. The number of carbonyl (C=O) groups excluding carboxylic acids is 2. The summed E-state index contributed by atoms with van der Waals surface area (Å²) in [4.78, 5) is 27.9. The van der Waals surface area contributed by atoms with Gasteiger partial charge in [0.1, 0.15) is 12.4 Å². The molecule has 0 unspecified atom stereocenters. The second-order valence-electron chi connectivity index (χ2n) is 6.31. The number of nitrogens with one attached hydrogen (secondary N) is 1. The molecule has 1 heterocycles. The van der Waals surface area contributed by atoms with Crippen molar-refractivity contribution in [2.24, 2.45) is 5.73 Å². The Labute approximate surface area is 173 Å². The van der Waals surface area contributed by atoms with Gasteiger partial charge in [0, 0.05) is 22.7 Å². The summed E-state index contributed by atoms with van der Waals surface area (Å²) in [5.74, 6) is -0.105. The van der Waals surface area contributed by atoms with Crippen LogP contribution in [0.15, 0.2) is 60.0 Å². The normalized spacial score (nSPS) is 10.8. The molecule has 2 aromatic carbocycles. The Morgan fingerprint density at radius 3 is 2.69 bits per heavy atom. The molecule has 0 radical (unpaired) electrons. The fraction of sp³-hybridized carbons (Fsp3) is 0.136. The van der Waals surface area contributed by atoms with Crippen LogP contribution in [0.2, 0.25) is 0 Å². The first-order chi connectivity index (χ1) is 14.0. The first-order valence-electron chi connectivity index (χ1n) is 8.99. The number of carbonyl (C=O) groups is 2. The number of hydrogen-bond donors (Lipinski definition) is 2. The molecule has 0 saturated carbocycles. The van der Waals surface area contributed by atoms with Gasteiger partial charge in [-0.05, 0) is 30.7 Å². The number of benzene rings is 2. The molecule has 0 aliphatic carbocycles. The molecule has 1 aromatic heterocycles. The lowest BCUT2D eigenvalue weighted by molar-refractivity contribution is -0.117. The first-order valence-corrected chi connectivity index (χ1v) is 9.87. The largest absolute Gasteiger partial charge is 0.487 e. The zero-order valence-electron chi connectivity index (χ0n) is 15.9. The summed E-state index contributed by atoms with van der Waals surface area (Å²) >= 11 is 1.58. The van der Waals surface area contributed by atoms with Crippen LogP contribution < -0.4 is 15.8 Å². The molecule has 0 spiro atoms. The Kier molecular flexibility index (Phi) is 6.76. The highest BCUT2D eigenvalue weighted by molar-refractivity contribution is 7.09. The van der Waals surface area contributed by atoms with Gasteiger partial charge in [-0.25, -0.2) is 4.98 Å². The molecule has 3 N–H and O–H groups in total. The molecule has 0 atom stereocenters. The van der Waals surface area contributed by atoms with Crippen molar-refractivity contribution in [2.45, 2.75) is 20.0 Å². The number of aromatic nitrogens is 1. The summed E-state index contributed by atoms with van der Waals surface area (Å²) in [6.07, 6.45) is 3.18. The van der Waals surface area contributed by atoms with E-state index in [1.165, 1.54) is 6.08 Å². The maximum Gasteiger partial charge on any atom is 0.248 e. The lowest BCUT2D eigenvalue weighted by Crippen LogP contribution is -2.16. The number of nitrogens with zero attached hydrogens (tertiary/aromatic N) is 1. The number of amides is 2. The Bertz CT molecular complexity index is 1040. The van der Waals surface area contributed by atoms with Crippen molar-refractivity contribution in [3.63, 3.8) is 0 Å². The van der Waals surface area contributed by atoms with Gasteiger partial charge in [-0.3, -0.25) is 9.59 Å². The quantitative estimate of drug-likeness (QED) is 0.557. The molecule has 0 fully saturated rings. The third kappa shape index (κ3) is 6.02. The van der Waals surface area contributed by atoms with Crippen LogP contribution in [-0.2, 0) is 22.6 Å². The van der Waals surface area contributed by atoms with E-state index in [1.807, 2.05) is 36.6 Å². The monoisotopic (exact) mass is 407 g/mol. The molecule has 7 heteroatoms. The summed E-state index contributed by atoms with van der Waals surface area (Å²) in [7, 11) is 0. The van der Waals surface area contributed by atoms with Crippen molar-refractivity contribution in [3.05, 3.63) is 81.8 Å². The number of aryl methyl sites for hydroxylation is 1. The molecule has 29 heavy (non-hydrogen) atoms. The van der Waals surface area contributed by atoms with Crippen molar-refractivity contribution >= 4 is 34.9 Å². The number of ether oxygens (including phenoxy) is 1. The number of primary amides is 1. The van der Waals surface area contributed by atoms with Gasteiger partial charge in [0.15, 0.2) is 0 Å². The average molecular weight is 407 g/mol. The zero-order valence-corrected chi connectivity index (χ0v) is 16.7. The van der Waals surface area contributed by atoms with Crippen LogP contribution in [-0.4, -0.2) is 16.8 Å². The van der Waals surface area contributed by atoms with E-state index < -0.39 is 5.91 Å². The Balaban J connectivity index is 1.67. The van der Waals surface area contributed by atoms with E-state index in [4.69, 9.17) is 10.5 Å². The second kappa shape index (κ2) is 9.66. The average Bonchev–Trinajstić information content (AvgIpc) is 3.12. The Morgan fingerprint density at radius 2 is 1.93 bits per heavy atom. The van der Waals surface area contributed by atoms with E-state index >= 15 is 0 Å². The smallest absolute Gasteiger partial charge is 0.248 e. The van der Waals surface area contributed by atoms with E-state index in [9.17, 15) is 9.59 Å². The first kappa shape index (κ1) is 20.3. The Hall–Kier alpha value is -3.45. The van der Waals surface area contributed by atoms with Crippen LogP contribution in [0, 0.1) is 6.92 Å². The van der Waals surface area contributed by atoms with Crippen LogP contribution in [0.25, 0.3) is 6.08 Å². The summed E-state index contributed by atoms with van der Waals surface area (Å²) in [6, 6.07) is 14.5. The number of para-hydroxylation sites is 2. The summed E-state index contributed by atoms with van der Waals surface area (Å²) in [5.41, 5.74) is 8.14. The van der Waals surface area contributed by atoms with Gasteiger partial charge < -0.3 is 15.8 Å². The van der Waals surface area contributed by atoms with Gasteiger partial charge in [-0.1, -0.05) is 36.4 Å². The van der Waals surface area contributed by atoms with Crippen molar-refractivity contribution in [1.82, 2.24) is 4.98 Å². The topological polar surface area (TPSA) is 94.3 Å². The van der Waals surface area contributed by atoms with Crippen LogP contribution in [0.3, 0.4) is 0 Å². The maximum absolute atomic E-state index is 12.4. The van der Waals surface area contributed by atoms with Crippen LogP contribution in [0.1, 0.15) is 21.8 Å². The second-order valence-corrected chi connectivity index (χ2v) is 7.37.